The van der Waals surface area contributed by atoms with Crippen molar-refractivity contribution in [3.8, 4) is 0 Å². The molecule has 1 aliphatic rings. The standard InChI is InChI=1S/C14H19FN6O5/c1-7(23)17-2-3-25-14(4-22)10(24)8(15)13(26-14)21-6-20-9-11(16)18-5-19-12(9)21/h5-6,8,10,13,22,24H,2-4H2,1H3,(H,17,23)(H2,16,18,19)/t8-,10-,13+,14+/m0/s1. The van der Waals surface area contributed by atoms with Crippen molar-refractivity contribution < 1.29 is 28.9 Å². The Labute approximate surface area is 147 Å². The molecule has 0 saturated carbocycles. The number of anilines is 1. The molecule has 0 bridgehead atoms. The Morgan fingerprint density at radius 3 is 3.00 bits per heavy atom. The number of nitrogen functional groups attached to an aromatic ring is 1. The number of halogens is 1. The van der Waals surface area contributed by atoms with E-state index in [1.165, 1.54) is 24.1 Å². The minimum Gasteiger partial charge on any atom is -0.391 e. The van der Waals surface area contributed by atoms with E-state index in [0.29, 0.717) is 0 Å². The number of amides is 1. The average molecular weight is 370 g/mol. The number of rotatable bonds is 6. The maximum atomic E-state index is 14.7. The van der Waals surface area contributed by atoms with Crippen molar-refractivity contribution in [2.45, 2.75) is 31.2 Å². The smallest absolute Gasteiger partial charge is 0.223 e. The highest BCUT2D eigenvalue weighted by Gasteiger charge is 2.57. The second-order valence-electron chi connectivity index (χ2n) is 5.78. The first-order valence-corrected chi connectivity index (χ1v) is 7.82. The lowest BCUT2D eigenvalue weighted by Crippen LogP contribution is -2.49. The Morgan fingerprint density at radius 2 is 2.31 bits per heavy atom. The van der Waals surface area contributed by atoms with Crippen LogP contribution in [0.2, 0.25) is 0 Å². The maximum Gasteiger partial charge on any atom is 0.223 e. The molecule has 3 rings (SSSR count). The summed E-state index contributed by atoms with van der Waals surface area (Å²) >= 11 is 0. The summed E-state index contributed by atoms with van der Waals surface area (Å²) in [5.74, 6) is -2.15. The second kappa shape index (κ2) is 7.07. The first-order valence-electron chi connectivity index (χ1n) is 7.82. The van der Waals surface area contributed by atoms with Gasteiger partial charge >= 0.3 is 0 Å². The van der Waals surface area contributed by atoms with Crippen LogP contribution in [0.1, 0.15) is 13.2 Å². The van der Waals surface area contributed by atoms with Crippen molar-refractivity contribution in [2.75, 3.05) is 25.5 Å². The van der Waals surface area contributed by atoms with Crippen molar-refractivity contribution >= 4 is 22.9 Å². The molecule has 4 atom stereocenters. The van der Waals surface area contributed by atoms with Crippen LogP contribution in [-0.4, -0.2) is 73.5 Å². The number of carbonyl (C=O) groups excluding carboxylic acids is 1. The van der Waals surface area contributed by atoms with Crippen LogP contribution >= 0.6 is 0 Å². The Morgan fingerprint density at radius 1 is 1.54 bits per heavy atom. The monoisotopic (exact) mass is 370 g/mol. The van der Waals surface area contributed by atoms with Gasteiger partial charge in [-0.2, -0.15) is 0 Å². The number of aliphatic hydroxyl groups excluding tert-OH is 2. The van der Waals surface area contributed by atoms with Crippen LogP contribution in [-0.2, 0) is 14.3 Å². The lowest BCUT2D eigenvalue weighted by atomic mass is 10.1. The minimum atomic E-state index is -1.99. The van der Waals surface area contributed by atoms with E-state index in [1.807, 2.05) is 0 Å². The molecule has 26 heavy (non-hydrogen) atoms. The molecule has 142 valence electrons. The fraction of sp³-hybridized carbons (Fsp3) is 0.571. The highest BCUT2D eigenvalue weighted by Crippen LogP contribution is 2.40. The van der Waals surface area contributed by atoms with Crippen molar-refractivity contribution in [2.24, 2.45) is 0 Å². The normalized spacial score (nSPS) is 28.5. The van der Waals surface area contributed by atoms with Gasteiger partial charge in [-0.15, -0.1) is 0 Å². The van der Waals surface area contributed by atoms with E-state index in [-0.39, 0.29) is 36.0 Å². The number of alkyl halides is 1. The zero-order valence-electron chi connectivity index (χ0n) is 13.9. The maximum absolute atomic E-state index is 14.7. The van der Waals surface area contributed by atoms with Crippen LogP contribution in [0.4, 0.5) is 10.2 Å². The number of nitrogens with one attached hydrogen (secondary N) is 1. The molecule has 5 N–H and O–H groups in total. The number of aliphatic hydroxyl groups is 2. The number of ether oxygens (including phenoxy) is 2. The lowest BCUT2D eigenvalue weighted by molar-refractivity contribution is -0.280. The Balaban J connectivity index is 1.83. The molecule has 2 aromatic heterocycles. The third-order valence-electron chi connectivity index (χ3n) is 4.05. The van der Waals surface area contributed by atoms with E-state index in [4.69, 9.17) is 15.2 Å². The molecule has 1 fully saturated rings. The molecule has 0 radical (unpaired) electrons. The van der Waals surface area contributed by atoms with Gasteiger partial charge in [0.05, 0.1) is 12.9 Å². The number of imidazole rings is 1. The molecule has 3 heterocycles. The van der Waals surface area contributed by atoms with E-state index < -0.39 is 30.9 Å². The van der Waals surface area contributed by atoms with E-state index in [2.05, 4.69) is 20.3 Å². The Kier molecular flexibility index (Phi) is 5.00. The highest BCUT2D eigenvalue weighted by molar-refractivity contribution is 5.81. The summed E-state index contributed by atoms with van der Waals surface area (Å²) in [6.45, 7) is 0.534. The summed E-state index contributed by atoms with van der Waals surface area (Å²) in [5.41, 5.74) is 6.17. The number of carbonyl (C=O) groups is 1. The number of fused-ring (bicyclic) bond motifs is 1. The number of nitrogens with zero attached hydrogens (tertiary/aromatic N) is 4. The summed E-state index contributed by atoms with van der Waals surface area (Å²) in [5, 5.41) is 22.4. The van der Waals surface area contributed by atoms with Gasteiger partial charge in [0.15, 0.2) is 23.9 Å². The van der Waals surface area contributed by atoms with Crippen molar-refractivity contribution in [3.05, 3.63) is 12.7 Å². The quantitative estimate of drug-likeness (QED) is 0.443. The van der Waals surface area contributed by atoms with Gasteiger partial charge in [-0.05, 0) is 0 Å². The van der Waals surface area contributed by atoms with Crippen LogP contribution in [0.25, 0.3) is 11.2 Å². The molecule has 2 aromatic rings. The summed E-state index contributed by atoms with van der Waals surface area (Å²) in [6, 6.07) is 0. The van der Waals surface area contributed by atoms with Crippen LogP contribution in [0.15, 0.2) is 12.7 Å². The molecular weight excluding hydrogens is 351 g/mol. The summed E-state index contributed by atoms with van der Waals surface area (Å²) < 4.78 is 26.9. The van der Waals surface area contributed by atoms with Gasteiger partial charge in [0.1, 0.15) is 24.6 Å². The number of nitrogens with two attached hydrogens (primary N) is 1. The number of hydrogen-bond donors (Lipinski definition) is 4. The van der Waals surface area contributed by atoms with E-state index in [1.54, 1.807) is 0 Å². The third kappa shape index (κ3) is 3.07. The largest absolute Gasteiger partial charge is 0.391 e. The average Bonchev–Trinajstić information content (AvgIpc) is 3.14. The van der Waals surface area contributed by atoms with Gasteiger partial charge in [-0.3, -0.25) is 9.36 Å². The van der Waals surface area contributed by atoms with E-state index in [9.17, 15) is 19.4 Å². The Bertz CT molecular complexity index is 803. The lowest BCUT2D eigenvalue weighted by Gasteiger charge is -2.29. The molecule has 0 aromatic carbocycles. The molecular formula is C14H19FN6O5. The molecule has 1 amide bonds. The van der Waals surface area contributed by atoms with Crippen LogP contribution < -0.4 is 11.1 Å². The van der Waals surface area contributed by atoms with Crippen LogP contribution in [0.3, 0.4) is 0 Å². The molecule has 0 spiro atoms. The predicted octanol–water partition coefficient (Wildman–Crippen LogP) is -1.52. The SMILES string of the molecule is CC(=O)NCCO[C@]1(CO)O[C@@H](n2cnc3c(N)ncnc32)[C@@H](F)[C@@H]1O. The summed E-state index contributed by atoms with van der Waals surface area (Å²) in [7, 11) is 0. The molecule has 11 nitrogen and oxygen atoms in total. The van der Waals surface area contributed by atoms with Crippen LogP contribution in [0.5, 0.6) is 0 Å². The Hall–Kier alpha value is -2.41. The third-order valence-corrected chi connectivity index (χ3v) is 4.05. The van der Waals surface area contributed by atoms with Gasteiger partial charge in [-0.25, -0.2) is 19.3 Å². The van der Waals surface area contributed by atoms with Gasteiger partial charge in [0.2, 0.25) is 11.7 Å². The van der Waals surface area contributed by atoms with Gasteiger partial charge in [0.25, 0.3) is 0 Å². The zero-order chi connectivity index (χ0) is 18.9. The highest BCUT2D eigenvalue weighted by atomic mass is 19.1. The second-order valence-corrected chi connectivity index (χ2v) is 5.78. The van der Waals surface area contributed by atoms with E-state index in [0.717, 1.165) is 0 Å². The molecule has 1 saturated heterocycles. The van der Waals surface area contributed by atoms with Gasteiger partial charge in [-0.1, -0.05) is 0 Å². The van der Waals surface area contributed by atoms with Crippen molar-refractivity contribution in [1.82, 2.24) is 24.8 Å². The van der Waals surface area contributed by atoms with Crippen molar-refractivity contribution in [3.63, 3.8) is 0 Å². The molecule has 1 aliphatic heterocycles. The van der Waals surface area contributed by atoms with Gasteiger partial charge < -0.3 is 30.7 Å². The van der Waals surface area contributed by atoms with E-state index >= 15 is 0 Å². The first kappa shape index (κ1) is 18.4. The zero-order valence-corrected chi connectivity index (χ0v) is 13.9. The summed E-state index contributed by atoms with van der Waals surface area (Å²) in [6.07, 6.45) is -2.61. The summed E-state index contributed by atoms with van der Waals surface area (Å²) in [4.78, 5) is 22.7. The van der Waals surface area contributed by atoms with Crippen molar-refractivity contribution in [1.29, 1.82) is 0 Å². The molecule has 0 aliphatic carbocycles. The number of aromatic nitrogens is 4. The van der Waals surface area contributed by atoms with Gasteiger partial charge in [0, 0.05) is 13.5 Å². The fourth-order valence-corrected chi connectivity index (χ4v) is 2.75. The predicted molar refractivity (Wildman–Crippen MR) is 85.2 cm³/mol. The van der Waals surface area contributed by atoms with Crippen LogP contribution in [0, 0.1) is 0 Å². The minimum absolute atomic E-state index is 0.101. The number of hydrogen-bond acceptors (Lipinski definition) is 9. The molecule has 0 unspecified atom stereocenters. The topological polar surface area (TPSA) is 158 Å². The fourth-order valence-electron chi connectivity index (χ4n) is 2.75. The first-order chi connectivity index (χ1) is 12.4. The molecule has 12 heteroatoms.